The summed E-state index contributed by atoms with van der Waals surface area (Å²) in [6, 6.07) is 82.5. The van der Waals surface area contributed by atoms with Gasteiger partial charge >= 0.3 is 46.1 Å². The third-order valence-electron chi connectivity index (χ3n) is 17.4. The van der Waals surface area contributed by atoms with E-state index in [1.807, 2.05) is 0 Å². The molecule has 10 rings (SSSR count). The number of benzene rings is 8. The van der Waals surface area contributed by atoms with Gasteiger partial charge in [-0.05, 0) is 108 Å². The van der Waals surface area contributed by atoms with Crippen LogP contribution in [0, 0.1) is 0 Å². The number of hydrogen-bond donors (Lipinski definition) is 4. The first-order valence-corrected chi connectivity index (χ1v) is 33.7. The molecule has 0 fully saturated rings. The van der Waals surface area contributed by atoms with Crippen molar-refractivity contribution in [1.82, 2.24) is 0 Å². The number of rotatable bonds is 20. The molecule has 0 aliphatic heterocycles. The van der Waals surface area contributed by atoms with Crippen molar-refractivity contribution in [2.45, 2.75) is 158 Å². The summed E-state index contributed by atoms with van der Waals surface area (Å²) in [5.74, 6) is 3.05. The number of halogens is 4. The predicted molar refractivity (Wildman–Crippen MR) is 397 cm³/mol. The van der Waals surface area contributed by atoms with E-state index in [2.05, 4.69) is 371 Å². The van der Waals surface area contributed by atoms with Crippen molar-refractivity contribution in [2.24, 2.45) is 0 Å². The summed E-state index contributed by atoms with van der Waals surface area (Å²) >= 11 is 0. The van der Waals surface area contributed by atoms with Crippen LogP contribution in [0.15, 0.2) is 231 Å². The SMILES string of the molecule is CC(C)c1cccc(C(C)C)c1[NH+]=C(c1ccccc1)c1cccc(C(=[NH+]c2c(C(C)C)cccc2C(C)C)c2ccccc2)[nH+]1.CC(C)c1cccc(C(C)C)c1[NH+]=C(c1ccccc1)c1cccc(C(=[NH+]c2c(C(C)C)cccc2C(C)C)c2ccccc2)[nH+]1.[I-].[I-].[I-].[I-].[Mg+2].[Mg+2]. The molecule has 0 bridgehead atoms. The average molecular weight is 1770 g/mol. The van der Waals surface area contributed by atoms with E-state index in [4.69, 9.17) is 0 Å². The van der Waals surface area contributed by atoms with Crippen molar-refractivity contribution in [3.63, 3.8) is 0 Å². The molecule has 0 spiro atoms. The summed E-state index contributed by atoms with van der Waals surface area (Å²) < 4.78 is 0. The molecular formula is C86H100I4Mg2N6+6. The molecule has 0 radical (unpaired) electrons. The van der Waals surface area contributed by atoms with Gasteiger partial charge in [-0.2, -0.15) is 29.9 Å². The first kappa shape index (κ1) is 87.4. The number of aromatic nitrogens is 2. The van der Waals surface area contributed by atoms with Crippen LogP contribution in [0.2, 0.25) is 0 Å². The van der Waals surface area contributed by atoms with Crippen LogP contribution in [0.25, 0.3) is 0 Å². The van der Waals surface area contributed by atoms with E-state index >= 15 is 0 Å². The zero-order chi connectivity index (χ0) is 65.6. The third-order valence-corrected chi connectivity index (χ3v) is 17.4. The number of pyridine rings is 2. The summed E-state index contributed by atoms with van der Waals surface area (Å²) in [7, 11) is 0. The molecule has 98 heavy (non-hydrogen) atoms. The summed E-state index contributed by atoms with van der Waals surface area (Å²) in [5, 5.41) is 0. The molecule has 8 aromatic carbocycles. The van der Waals surface area contributed by atoms with Crippen molar-refractivity contribution < 1.29 is 126 Å². The molecule has 2 heterocycles. The molecule has 12 heteroatoms. The topological polar surface area (TPSA) is 84.2 Å². The van der Waals surface area contributed by atoms with Gasteiger partial charge in [0, 0.05) is 68.8 Å². The van der Waals surface area contributed by atoms with Gasteiger partial charge in [0.1, 0.15) is 0 Å². The Balaban J connectivity index is 0.000000481. The van der Waals surface area contributed by atoms with Crippen LogP contribution in [0.4, 0.5) is 22.7 Å². The number of nitrogens with one attached hydrogen (secondary N) is 6. The van der Waals surface area contributed by atoms with Gasteiger partial charge in [-0.1, -0.05) is 256 Å². The number of hydrogen-bond acceptors (Lipinski definition) is 0. The molecule has 6 N–H and O–H groups in total. The van der Waals surface area contributed by atoms with Crippen molar-refractivity contribution >= 4 is 91.7 Å². The molecule has 0 aliphatic rings. The van der Waals surface area contributed by atoms with Crippen LogP contribution in [0.5, 0.6) is 0 Å². The Kier molecular flexibility index (Phi) is 37.4. The van der Waals surface area contributed by atoms with Gasteiger partial charge in [0.15, 0.2) is 0 Å². The number of aromatic amines is 2. The number of H-pyrrole nitrogens is 2. The summed E-state index contributed by atoms with van der Waals surface area (Å²) in [4.78, 5) is 23.6. The second kappa shape index (κ2) is 41.9. The van der Waals surface area contributed by atoms with E-state index in [9.17, 15) is 0 Å². The Bertz CT molecular complexity index is 3600. The van der Waals surface area contributed by atoms with Gasteiger partial charge in [0.2, 0.25) is 22.7 Å². The molecule has 6 nitrogen and oxygen atoms in total. The Morgan fingerprint density at radius 2 is 0.347 bits per heavy atom. The van der Waals surface area contributed by atoms with E-state index < -0.39 is 0 Å². The standard InChI is InChI=1S/2C43H47N3.4HI.2Mg/c2*1-28(2)34-22-15-23-35(29(3)4)42(34)45-40(32-18-11-9-12-19-32)38-26-17-27-39(44-38)41(33-20-13-10-14-21-33)46-43-36(30(5)6)24-16-25-37(43)31(7)8;;;;;;/h2*9-31H,1-8H3;4*1H;;/q;;;;;;2*+2/p+2. The third kappa shape index (κ3) is 22.1. The van der Waals surface area contributed by atoms with Gasteiger partial charge in [-0.15, -0.1) is 0 Å². The Labute approximate surface area is 687 Å². The smallest absolute Gasteiger partial charge is 1.00 e. The molecule has 500 valence electrons. The molecule has 0 aliphatic carbocycles. The second-order valence-corrected chi connectivity index (χ2v) is 26.9. The van der Waals surface area contributed by atoms with Crippen molar-refractivity contribution in [1.29, 1.82) is 0 Å². The van der Waals surface area contributed by atoms with Crippen LogP contribution in [-0.4, -0.2) is 69.0 Å². The van der Waals surface area contributed by atoms with Gasteiger partial charge in [0.05, 0.1) is 22.3 Å². The van der Waals surface area contributed by atoms with Crippen molar-refractivity contribution in [3.8, 4) is 0 Å². The minimum absolute atomic E-state index is 0. The van der Waals surface area contributed by atoms with Gasteiger partial charge in [0.25, 0.3) is 45.6 Å². The first-order chi connectivity index (χ1) is 44.3. The van der Waals surface area contributed by atoms with E-state index in [1.54, 1.807) is 0 Å². The first-order valence-electron chi connectivity index (χ1n) is 33.7. The molecule has 0 saturated heterocycles. The van der Waals surface area contributed by atoms with Crippen molar-refractivity contribution in [3.05, 3.63) is 320 Å². The fraction of sp³-hybridized carbons (Fsp3) is 0.279. The zero-order valence-corrected chi connectivity index (χ0v) is 71.9. The monoisotopic (exact) mass is 1770 g/mol. The van der Waals surface area contributed by atoms with Crippen LogP contribution < -0.4 is 126 Å². The summed E-state index contributed by atoms with van der Waals surface area (Å²) in [6.07, 6.45) is 0. The minimum atomic E-state index is 0. The molecule has 0 unspecified atom stereocenters. The van der Waals surface area contributed by atoms with Crippen LogP contribution in [0.3, 0.4) is 0 Å². The molecule has 2 aromatic heterocycles. The summed E-state index contributed by atoms with van der Waals surface area (Å²) in [6.45, 7) is 36.3. The maximum atomic E-state index is 3.97. The molecule has 10 aromatic rings. The maximum absolute atomic E-state index is 3.97. The van der Waals surface area contributed by atoms with Crippen LogP contribution >= 0.6 is 0 Å². The van der Waals surface area contributed by atoms with E-state index in [0.29, 0.717) is 47.3 Å². The van der Waals surface area contributed by atoms with Crippen LogP contribution in [0.1, 0.15) is 248 Å². The van der Waals surface area contributed by atoms with E-state index in [-0.39, 0.29) is 142 Å². The quantitative estimate of drug-likeness (QED) is 0.0514. The van der Waals surface area contributed by atoms with Crippen molar-refractivity contribution in [2.75, 3.05) is 0 Å². The molecular weight excluding hydrogens is 1670 g/mol. The van der Waals surface area contributed by atoms with Gasteiger partial charge < -0.3 is 95.9 Å². The molecule has 0 atom stereocenters. The minimum Gasteiger partial charge on any atom is -1.00 e. The largest absolute Gasteiger partial charge is 2.00 e. The zero-order valence-electron chi connectivity index (χ0n) is 60.5. The molecule has 0 amide bonds. The predicted octanol–water partition coefficient (Wildman–Crippen LogP) is 2.24. The maximum Gasteiger partial charge on any atom is 2.00 e. The van der Waals surface area contributed by atoms with E-state index in [0.717, 1.165) is 67.9 Å². The fourth-order valence-electron chi connectivity index (χ4n) is 12.4. The Hall–Kier alpha value is -4.81. The average Bonchev–Trinajstić information content (AvgIpc) is 0.808. The Morgan fingerprint density at radius 1 is 0.204 bits per heavy atom. The summed E-state index contributed by atoms with van der Waals surface area (Å²) in [5.41, 5.74) is 28.2. The normalized spacial score (nSPS) is 11.8. The number of para-hydroxylation sites is 4. The van der Waals surface area contributed by atoms with E-state index in [1.165, 1.54) is 67.3 Å². The Morgan fingerprint density at radius 3 is 0.490 bits per heavy atom. The second-order valence-electron chi connectivity index (χ2n) is 26.9. The van der Waals surface area contributed by atoms with Gasteiger partial charge in [-0.3, -0.25) is 0 Å². The fourth-order valence-corrected chi connectivity index (χ4v) is 12.4. The molecule has 0 saturated carbocycles. The van der Waals surface area contributed by atoms with Gasteiger partial charge in [-0.25, -0.2) is 0 Å². The van der Waals surface area contributed by atoms with Crippen LogP contribution in [-0.2, 0) is 0 Å².